The summed E-state index contributed by atoms with van der Waals surface area (Å²) in [5.74, 6) is 0.0839. The smallest absolute Gasteiger partial charge is 0.437 e. The second-order valence-corrected chi connectivity index (χ2v) is 8.46. The molecule has 126 valence electrons. The Hall–Kier alpha value is -1.41. The molecule has 2 heterocycles. The second-order valence-electron chi connectivity index (χ2n) is 6.63. The van der Waals surface area contributed by atoms with Crippen molar-refractivity contribution in [2.45, 2.75) is 45.3 Å². The lowest BCUT2D eigenvalue weighted by atomic mass is 9.93. The van der Waals surface area contributed by atoms with Crippen molar-refractivity contribution in [2.24, 2.45) is 4.99 Å². The number of guanidine groups is 1. The highest BCUT2D eigenvalue weighted by molar-refractivity contribution is 9.10. The van der Waals surface area contributed by atoms with Crippen LogP contribution >= 0.6 is 27.3 Å². The van der Waals surface area contributed by atoms with Gasteiger partial charge in [-0.1, -0.05) is 0 Å². The van der Waals surface area contributed by atoms with Crippen molar-refractivity contribution in [3.8, 4) is 0 Å². The van der Waals surface area contributed by atoms with Gasteiger partial charge >= 0.3 is 6.09 Å². The molecule has 0 radical (unpaired) electrons. The van der Waals surface area contributed by atoms with Gasteiger partial charge < -0.3 is 10.1 Å². The van der Waals surface area contributed by atoms with Crippen LogP contribution in [0, 0.1) is 0 Å². The van der Waals surface area contributed by atoms with Crippen LogP contribution in [0.5, 0.6) is 0 Å². The van der Waals surface area contributed by atoms with Crippen molar-refractivity contribution >= 4 is 45.2 Å². The molecule has 1 unspecified atom stereocenters. The molecule has 1 fully saturated rings. The minimum atomic E-state index is -0.726. The normalized spacial score (nSPS) is 23.8. The summed E-state index contributed by atoms with van der Waals surface area (Å²) in [5, 5.41) is 5.15. The maximum atomic E-state index is 12.3. The summed E-state index contributed by atoms with van der Waals surface area (Å²) in [6.07, 6.45) is -0.444. The summed E-state index contributed by atoms with van der Waals surface area (Å²) < 4.78 is 6.15. The van der Waals surface area contributed by atoms with Crippen molar-refractivity contribution in [1.82, 2.24) is 10.2 Å². The topological polar surface area (TPSA) is 71.0 Å². The third-order valence-electron chi connectivity index (χ3n) is 3.29. The minimum Gasteiger partial charge on any atom is -0.442 e. The summed E-state index contributed by atoms with van der Waals surface area (Å²) in [4.78, 5) is 30.5. The summed E-state index contributed by atoms with van der Waals surface area (Å²) >= 11 is 4.96. The zero-order valence-corrected chi connectivity index (χ0v) is 16.2. The number of rotatable bonds is 1. The average molecular weight is 402 g/mol. The van der Waals surface area contributed by atoms with E-state index in [0.29, 0.717) is 0 Å². The van der Waals surface area contributed by atoms with Gasteiger partial charge in [-0.2, -0.15) is 0 Å². The maximum absolute atomic E-state index is 12.3. The fourth-order valence-electron chi connectivity index (χ4n) is 2.14. The number of halogens is 1. The number of hydrogen-bond acceptors (Lipinski definition) is 4. The van der Waals surface area contributed by atoms with E-state index in [-0.39, 0.29) is 18.3 Å². The molecule has 2 rings (SSSR count). The number of amides is 2. The molecule has 1 N–H and O–H groups in total. The molecule has 6 nitrogen and oxygen atoms in total. The van der Waals surface area contributed by atoms with Crippen molar-refractivity contribution in [2.75, 3.05) is 7.05 Å². The lowest BCUT2D eigenvalue weighted by Gasteiger charge is -2.39. The number of thiophene rings is 1. The van der Waals surface area contributed by atoms with Crippen LogP contribution in [-0.4, -0.2) is 35.5 Å². The molecular formula is C15H20BrN3O3S. The average Bonchev–Trinajstić information content (AvgIpc) is 2.80. The molecule has 0 aromatic carbocycles. The number of carbonyl (C=O) groups is 2. The molecule has 1 aliphatic heterocycles. The fourth-order valence-corrected chi connectivity index (χ4v) is 3.69. The molecule has 8 heteroatoms. The van der Waals surface area contributed by atoms with Crippen LogP contribution in [0.2, 0.25) is 0 Å². The molecule has 1 aromatic rings. The van der Waals surface area contributed by atoms with Crippen molar-refractivity contribution in [3.05, 3.63) is 20.8 Å². The third kappa shape index (κ3) is 4.32. The first-order valence-electron chi connectivity index (χ1n) is 7.11. The molecule has 1 saturated heterocycles. The van der Waals surface area contributed by atoms with E-state index >= 15 is 0 Å². The highest BCUT2D eigenvalue weighted by atomic mass is 79.9. The SMILES string of the molecule is CN1C(=O)CC(C)(c2cc(Br)cs2)N/C1=N/C(=O)OC(C)(C)C. The quantitative estimate of drug-likeness (QED) is 0.781. The van der Waals surface area contributed by atoms with Crippen molar-refractivity contribution in [3.63, 3.8) is 0 Å². The summed E-state index contributed by atoms with van der Waals surface area (Å²) in [6, 6.07) is 1.96. The van der Waals surface area contributed by atoms with Gasteiger partial charge in [-0.05, 0) is 49.7 Å². The summed E-state index contributed by atoms with van der Waals surface area (Å²) in [7, 11) is 1.59. The van der Waals surface area contributed by atoms with E-state index in [0.717, 1.165) is 9.35 Å². The van der Waals surface area contributed by atoms with E-state index in [1.54, 1.807) is 27.8 Å². The molecule has 2 amide bonds. The lowest BCUT2D eigenvalue weighted by Crippen LogP contribution is -2.58. The molecular weight excluding hydrogens is 382 g/mol. The summed E-state index contributed by atoms with van der Waals surface area (Å²) in [6.45, 7) is 7.21. The third-order valence-corrected chi connectivity index (χ3v) is 5.24. The first-order valence-corrected chi connectivity index (χ1v) is 8.78. The van der Waals surface area contributed by atoms with Gasteiger partial charge in [-0.3, -0.25) is 9.69 Å². The first-order chi connectivity index (χ1) is 10.5. The molecule has 1 aliphatic rings. The Morgan fingerprint density at radius 2 is 2.17 bits per heavy atom. The minimum absolute atomic E-state index is 0.113. The maximum Gasteiger partial charge on any atom is 0.437 e. The van der Waals surface area contributed by atoms with Gasteiger partial charge in [0.2, 0.25) is 11.9 Å². The molecule has 1 atom stereocenters. The van der Waals surface area contributed by atoms with Gasteiger partial charge in [0.1, 0.15) is 5.60 Å². The second kappa shape index (κ2) is 6.24. The summed E-state index contributed by atoms with van der Waals surface area (Å²) in [5.41, 5.74) is -1.25. The van der Waals surface area contributed by atoms with Crippen LogP contribution in [0.1, 0.15) is 39.0 Å². The Morgan fingerprint density at radius 3 is 2.70 bits per heavy atom. The van der Waals surface area contributed by atoms with Gasteiger partial charge in [0.05, 0.1) is 12.0 Å². The van der Waals surface area contributed by atoms with E-state index in [4.69, 9.17) is 4.74 Å². The Balaban J connectivity index is 2.29. The van der Waals surface area contributed by atoms with Gasteiger partial charge in [-0.15, -0.1) is 16.3 Å². The Bertz CT molecular complexity index is 665. The molecule has 0 saturated carbocycles. The lowest BCUT2D eigenvalue weighted by molar-refractivity contribution is -0.129. The van der Waals surface area contributed by atoms with Crippen LogP contribution in [0.15, 0.2) is 20.9 Å². The van der Waals surface area contributed by atoms with Crippen LogP contribution in [-0.2, 0) is 15.1 Å². The van der Waals surface area contributed by atoms with Gasteiger partial charge in [0, 0.05) is 21.8 Å². The monoisotopic (exact) mass is 401 g/mol. The predicted octanol–water partition coefficient (Wildman–Crippen LogP) is 3.47. The molecule has 1 aromatic heterocycles. The molecule has 0 spiro atoms. The van der Waals surface area contributed by atoms with E-state index < -0.39 is 17.2 Å². The van der Waals surface area contributed by atoms with Gasteiger partial charge in [0.15, 0.2) is 0 Å². The van der Waals surface area contributed by atoms with Crippen LogP contribution in [0.4, 0.5) is 4.79 Å². The Morgan fingerprint density at radius 1 is 1.52 bits per heavy atom. The Labute approximate surface area is 148 Å². The standard InChI is InChI=1S/C15H20BrN3O3S/c1-14(2,3)22-13(21)17-12-18-15(4,7-11(20)19(12)5)10-6-9(16)8-23-10/h6,8H,7H2,1-5H3,(H,17,18,21). The Kier molecular flexibility index (Phi) is 4.86. The molecule has 0 bridgehead atoms. The van der Waals surface area contributed by atoms with Gasteiger partial charge in [0.25, 0.3) is 0 Å². The zero-order chi connectivity index (χ0) is 17.4. The van der Waals surface area contributed by atoms with E-state index in [9.17, 15) is 9.59 Å². The number of nitrogens with one attached hydrogen (secondary N) is 1. The number of hydrogen-bond donors (Lipinski definition) is 1. The fraction of sp³-hybridized carbons (Fsp3) is 0.533. The number of ether oxygens (including phenoxy) is 1. The van der Waals surface area contributed by atoms with Crippen molar-refractivity contribution in [1.29, 1.82) is 0 Å². The number of aliphatic imine (C=N–C) groups is 1. The predicted molar refractivity (Wildman–Crippen MR) is 93.6 cm³/mol. The zero-order valence-electron chi connectivity index (χ0n) is 13.8. The van der Waals surface area contributed by atoms with E-state index in [1.807, 2.05) is 18.4 Å². The molecule has 23 heavy (non-hydrogen) atoms. The molecule has 0 aliphatic carbocycles. The largest absolute Gasteiger partial charge is 0.442 e. The van der Waals surface area contributed by atoms with E-state index in [1.165, 1.54) is 16.2 Å². The van der Waals surface area contributed by atoms with Crippen LogP contribution < -0.4 is 5.32 Å². The van der Waals surface area contributed by atoms with E-state index in [2.05, 4.69) is 26.2 Å². The van der Waals surface area contributed by atoms with Crippen molar-refractivity contribution < 1.29 is 14.3 Å². The highest BCUT2D eigenvalue weighted by Gasteiger charge is 2.40. The van der Waals surface area contributed by atoms with Crippen LogP contribution in [0.3, 0.4) is 0 Å². The van der Waals surface area contributed by atoms with Crippen LogP contribution in [0.25, 0.3) is 0 Å². The van der Waals surface area contributed by atoms with Gasteiger partial charge in [-0.25, -0.2) is 4.79 Å². The number of nitrogens with zero attached hydrogens (tertiary/aromatic N) is 2. The highest BCUT2D eigenvalue weighted by Crippen LogP contribution is 2.34. The first kappa shape index (κ1) is 17.9. The number of carbonyl (C=O) groups excluding carboxylic acids is 2.